The SMILES string of the molecule is CCCN(c1ncc(Br)c(OC)n1)C1CC2CCC(C1)N2. The second-order valence-corrected chi connectivity index (χ2v) is 6.84. The predicted molar refractivity (Wildman–Crippen MR) is 86.9 cm³/mol. The number of anilines is 1. The van der Waals surface area contributed by atoms with E-state index in [1.165, 1.54) is 25.7 Å². The monoisotopic (exact) mass is 354 g/mol. The fourth-order valence-corrected chi connectivity index (χ4v) is 3.95. The molecule has 1 aromatic heterocycles. The maximum Gasteiger partial charge on any atom is 0.232 e. The smallest absolute Gasteiger partial charge is 0.232 e. The Morgan fingerprint density at radius 1 is 1.38 bits per heavy atom. The van der Waals surface area contributed by atoms with Crippen molar-refractivity contribution in [3.8, 4) is 5.88 Å². The van der Waals surface area contributed by atoms with E-state index in [4.69, 9.17) is 4.74 Å². The molecule has 3 heterocycles. The zero-order valence-electron chi connectivity index (χ0n) is 12.7. The van der Waals surface area contributed by atoms with Gasteiger partial charge in [0, 0.05) is 24.7 Å². The molecular formula is C15H23BrN4O. The van der Waals surface area contributed by atoms with Crippen LogP contribution < -0.4 is 15.0 Å². The minimum absolute atomic E-state index is 0.537. The van der Waals surface area contributed by atoms with Crippen LogP contribution in [0.5, 0.6) is 5.88 Å². The molecule has 1 N–H and O–H groups in total. The third-order valence-electron chi connectivity index (χ3n) is 4.50. The van der Waals surface area contributed by atoms with E-state index in [-0.39, 0.29) is 0 Å². The average Bonchev–Trinajstić information content (AvgIpc) is 2.84. The highest BCUT2D eigenvalue weighted by Gasteiger charge is 2.36. The fraction of sp³-hybridized carbons (Fsp3) is 0.733. The van der Waals surface area contributed by atoms with Crippen molar-refractivity contribution >= 4 is 21.9 Å². The van der Waals surface area contributed by atoms with Crippen LogP contribution >= 0.6 is 15.9 Å². The van der Waals surface area contributed by atoms with Crippen LogP contribution in [0.3, 0.4) is 0 Å². The van der Waals surface area contributed by atoms with Crippen LogP contribution in [0.15, 0.2) is 10.7 Å². The normalized spacial score (nSPS) is 27.7. The Morgan fingerprint density at radius 3 is 2.71 bits per heavy atom. The molecule has 5 nitrogen and oxygen atoms in total. The average molecular weight is 355 g/mol. The lowest BCUT2D eigenvalue weighted by Gasteiger charge is -2.37. The molecule has 0 radical (unpaired) electrons. The van der Waals surface area contributed by atoms with Crippen molar-refractivity contribution in [2.75, 3.05) is 18.6 Å². The molecule has 2 saturated heterocycles. The lowest BCUT2D eigenvalue weighted by atomic mass is 9.98. The number of aromatic nitrogens is 2. The van der Waals surface area contributed by atoms with Gasteiger partial charge in [-0.3, -0.25) is 0 Å². The zero-order chi connectivity index (χ0) is 14.8. The molecule has 21 heavy (non-hydrogen) atoms. The van der Waals surface area contributed by atoms with Crippen molar-refractivity contribution in [3.05, 3.63) is 10.7 Å². The summed E-state index contributed by atoms with van der Waals surface area (Å²) in [6, 6.07) is 1.88. The minimum atomic E-state index is 0.537. The number of piperidine rings is 1. The van der Waals surface area contributed by atoms with Gasteiger partial charge in [-0.15, -0.1) is 0 Å². The number of methoxy groups -OCH3 is 1. The Morgan fingerprint density at radius 2 is 2.10 bits per heavy atom. The van der Waals surface area contributed by atoms with Crippen LogP contribution in [-0.2, 0) is 0 Å². The Labute approximate surface area is 134 Å². The van der Waals surface area contributed by atoms with Gasteiger partial charge in [-0.25, -0.2) is 4.98 Å². The molecule has 0 amide bonds. The molecule has 0 aliphatic carbocycles. The molecule has 0 spiro atoms. The van der Waals surface area contributed by atoms with Crippen molar-refractivity contribution in [1.29, 1.82) is 0 Å². The molecule has 0 aromatic carbocycles. The highest BCUT2D eigenvalue weighted by atomic mass is 79.9. The summed E-state index contributed by atoms with van der Waals surface area (Å²) >= 11 is 3.43. The Balaban J connectivity index is 1.83. The second kappa shape index (κ2) is 6.48. The van der Waals surface area contributed by atoms with Crippen molar-refractivity contribution in [2.45, 2.75) is 57.2 Å². The van der Waals surface area contributed by atoms with Crippen molar-refractivity contribution in [2.24, 2.45) is 0 Å². The van der Waals surface area contributed by atoms with Gasteiger partial charge in [-0.2, -0.15) is 4.98 Å². The number of rotatable bonds is 5. The van der Waals surface area contributed by atoms with Gasteiger partial charge in [0.05, 0.1) is 17.8 Å². The van der Waals surface area contributed by atoms with E-state index in [9.17, 15) is 0 Å². The van der Waals surface area contributed by atoms with Gasteiger partial charge in [0.15, 0.2) is 0 Å². The second-order valence-electron chi connectivity index (χ2n) is 5.98. The number of nitrogens with one attached hydrogen (secondary N) is 1. The van der Waals surface area contributed by atoms with Crippen LogP contribution in [0, 0.1) is 0 Å². The Bertz CT molecular complexity index is 487. The van der Waals surface area contributed by atoms with Gasteiger partial charge in [0.1, 0.15) is 0 Å². The molecule has 2 aliphatic rings. The molecule has 6 heteroatoms. The Kier molecular flexibility index (Phi) is 4.64. The van der Waals surface area contributed by atoms with E-state index < -0.39 is 0 Å². The van der Waals surface area contributed by atoms with Gasteiger partial charge < -0.3 is 15.0 Å². The van der Waals surface area contributed by atoms with Gasteiger partial charge >= 0.3 is 0 Å². The summed E-state index contributed by atoms with van der Waals surface area (Å²) in [5, 5.41) is 3.70. The molecule has 2 atom stereocenters. The minimum Gasteiger partial charge on any atom is -0.480 e. The van der Waals surface area contributed by atoms with Crippen LogP contribution in [0.25, 0.3) is 0 Å². The third kappa shape index (κ3) is 3.16. The summed E-state index contributed by atoms with van der Waals surface area (Å²) in [5.41, 5.74) is 0. The van der Waals surface area contributed by atoms with E-state index in [1.54, 1.807) is 13.3 Å². The van der Waals surface area contributed by atoms with Crippen molar-refractivity contribution in [1.82, 2.24) is 15.3 Å². The summed E-state index contributed by atoms with van der Waals surface area (Å²) in [6.45, 7) is 3.20. The molecular weight excluding hydrogens is 332 g/mol. The van der Waals surface area contributed by atoms with Crippen LogP contribution in [0.1, 0.15) is 39.0 Å². The molecule has 2 unspecified atom stereocenters. The van der Waals surface area contributed by atoms with E-state index in [1.807, 2.05) is 0 Å². The first-order valence-corrected chi connectivity index (χ1v) is 8.59. The summed E-state index contributed by atoms with van der Waals surface area (Å²) in [4.78, 5) is 11.5. The molecule has 0 saturated carbocycles. The number of hydrogen-bond acceptors (Lipinski definition) is 5. The molecule has 2 aliphatic heterocycles. The van der Waals surface area contributed by atoms with Crippen LogP contribution in [0.2, 0.25) is 0 Å². The predicted octanol–water partition coefficient (Wildman–Crippen LogP) is 2.75. The summed E-state index contributed by atoms with van der Waals surface area (Å²) in [6.07, 6.45) is 7.90. The molecule has 3 rings (SSSR count). The van der Waals surface area contributed by atoms with Crippen molar-refractivity contribution in [3.63, 3.8) is 0 Å². The van der Waals surface area contributed by atoms with E-state index in [0.717, 1.165) is 23.4 Å². The van der Waals surface area contributed by atoms with Gasteiger partial charge in [-0.05, 0) is 48.0 Å². The van der Waals surface area contributed by atoms with Gasteiger partial charge in [-0.1, -0.05) is 6.92 Å². The first-order chi connectivity index (χ1) is 10.2. The molecule has 1 aromatic rings. The molecule has 2 bridgehead atoms. The third-order valence-corrected chi connectivity index (χ3v) is 5.05. The highest BCUT2D eigenvalue weighted by molar-refractivity contribution is 9.10. The first-order valence-electron chi connectivity index (χ1n) is 7.80. The maximum absolute atomic E-state index is 5.32. The lowest BCUT2D eigenvalue weighted by Crippen LogP contribution is -2.49. The number of nitrogens with zero attached hydrogens (tertiary/aromatic N) is 3. The lowest BCUT2D eigenvalue weighted by molar-refractivity contribution is 0.342. The number of fused-ring (bicyclic) bond motifs is 2. The maximum atomic E-state index is 5.32. The van der Waals surface area contributed by atoms with E-state index in [2.05, 4.69) is 43.0 Å². The quantitative estimate of drug-likeness (QED) is 0.880. The number of ether oxygens (including phenoxy) is 1. The Hall–Kier alpha value is -0.880. The highest BCUT2D eigenvalue weighted by Crippen LogP contribution is 2.32. The standard InChI is InChI=1S/C15H23BrN4O/c1-3-6-20(12-7-10-4-5-11(8-12)18-10)15-17-9-13(16)14(19-15)21-2/h9-12,18H,3-8H2,1-2H3. The molecule has 2 fully saturated rings. The largest absolute Gasteiger partial charge is 0.480 e. The topological polar surface area (TPSA) is 50.3 Å². The van der Waals surface area contributed by atoms with E-state index >= 15 is 0 Å². The van der Waals surface area contributed by atoms with Crippen LogP contribution in [0.4, 0.5) is 5.95 Å². The molecule has 116 valence electrons. The fourth-order valence-electron chi connectivity index (χ4n) is 3.59. The van der Waals surface area contributed by atoms with Crippen LogP contribution in [-0.4, -0.2) is 41.7 Å². The summed E-state index contributed by atoms with van der Waals surface area (Å²) in [5.74, 6) is 1.40. The van der Waals surface area contributed by atoms with Crippen molar-refractivity contribution < 1.29 is 4.74 Å². The summed E-state index contributed by atoms with van der Waals surface area (Å²) < 4.78 is 6.12. The number of halogens is 1. The summed E-state index contributed by atoms with van der Waals surface area (Å²) in [7, 11) is 1.64. The van der Waals surface area contributed by atoms with Gasteiger partial charge in [0.2, 0.25) is 11.8 Å². The first kappa shape index (κ1) is 15.0. The van der Waals surface area contributed by atoms with E-state index in [0.29, 0.717) is 24.0 Å². The zero-order valence-corrected chi connectivity index (χ0v) is 14.3. The number of hydrogen-bond donors (Lipinski definition) is 1. The van der Waals surface area contributed by atoms with Gasteiger partial charge in [0.25, 0.3) is 0 Å².